The highest BCUT2D eigenvalue weighted by Gasteiger charge is 2.17. The molecule has 4 rings (SSSR count). The lowest BCUT2D eigenvalue weighted by Crippen LogP contribution is -2.27. The van der Waals surface area contributed by atoms with Crippen LogP contribution in [-0.4, -0.2) is 35.1 Å². The van der Waals surface area contributed by atoms with Gasteiger partial charge in [-0.1, -0.05) is 24.8 Å². The first kappa shape index (κ1) is 18.4. The van der Waals surface area contributed by atoms with Crippen LogP contribution in [0.3, 0.4) is 0 Å². The van der Waals surface area contributed by atoms with Gasteiger partial charge >= 0.3 is 0 Å². The Morgan fingerprint density at radius 3 is 2.82 bits per heavy atom. The Balaban J connectivity index is 1.51. The van der Waals surface area contributed by atoms with Crippen molar-refractivity contribution in [1.82, 2.24) is 20.3 Å². The van der Waals surface area contributed by atoms with Crippen LogP contribution in [0, 0.1) is 0 Å². The number of benzene rings is 1. The van der Waals surface area contributed by atoms with E-state index in [1.54, 1.807) is 6.20 Å². The summed E-state index contributed by atoms with van der Waals surface area (Å²) in [5.74, 6) is 1.24. The van der Waals surface area contributed by atoms with Gasteiger partial charge in [0.15, 0.2) is 5.65 Å². The lowest BCUT2D eigenvalue weighted by atomic mass is 9.94. The van der Waals surface area contributed by atoms with Crippen molar-refractivity contribution in [2.24, 2.45) is 0 Å². The van der Waals surface area contributed by atoms with Gasteiger partial charge in [0.05, 0.1) is 6.20 Å². The van der Waals surface area contributed by atoms with E-state index < -0.39 is 0 Å². The second-order valence-electron chi connectivity index (χ2n) is 7.09. The first-order valence-corrected chi connectivity index (χ1v) is 9.78. The molecule has 0 atom stereocenters. The highest BCUT2D eigenvalue weighted by atomic mass is 15.0. The van der Waals surface area contributed by atoms with Crippen molar-refractivity contribution < 1.29 is 0 Å². The number of aromatic nitrogens is 3. The SMILES string of the molecule is C=Cc1ccc(CNc2cnc3ccc(C4CCNCC4)nc3n2)cc1NC. The fraction of sp³-hybridized carbons (Fsp3) is 0.318. The fourth-order valence-electron chi connectivity index (χ4n) is 3.64. The van der Waals surface area contributed by atoms with Gasteiger partial charge in [-0.2, -0.15) is 0 Å². The molecular formula is C22H26N6. The number of hydrogen-bond acceptors (Lipinski definition) is 6. The maximum atomic E-state index is 4.80. The largest absolute Gasteiger partial charge is 0.388 e. The summed E-state index contributed by atoms with van der Waals surface area (Å²) in [5.41, 5.74) is 5.97. The van der Waals surface area contributed by atoms with Crippen LogP contribution < -0.4 is 16.0 Å². The van der Waals surface area contributed by atoms with E-state index in [1.807, 2.05) is 19.2 Å². The molecule has 0 saturated carbocycles. The monoisotopic (exact) mass is 374 g/mol. The molecule has 1 fully saturated rings. The van der Waals surface area contributed by atoms with E-state index in [1.165, 1.54) is 0 Å². The van der Waals surface area contributed by atoms with E-state index in [4.69, 9.17) is 4.98 Å². The second-order valence-corrected chi connectivity index (χ2v) is 7.09. The quantitative estimate of drug-likeness (QED) is 0.610. The van der Waals surface area contributed by atoms with Crippen LogP contribution in [0.1, 0.15) is 35.6 Å². The van der Waals surface area contributed by atoms with E-state index in [-0.39, 0.29) is 0 Å². The molecule has 2 aromatic heterocycles. The fourth-order valence-corrected chi connectivity index (χ4v) is 3.64. The van der Waals surface area contributed by atoms with Gasteiger partial charge in [-0.15, -0.1) is 0 Å². The van der Waals surface area contributed by atoms with Gasteiger partial charge in [0, 0.05) is 30.9 Å². The molecule has 6 nitrogen and oxygen atoms in total. The Morgan fingerprint density at radius 2 is 2.04 bits per heavy atom. The number of pyridine rings is 1. The van der Waals surface area contributed by atoms with Crippen LogP contribution >= 0.6 is 0 Å². The van der Waals surface area contributed by atoms with Crippen LogP contribution in [0.2, 0.25) is 0 Å². The molecule has 0 aliphatic carbocycles. The summed E-state index contributed by atoms with van der Waals surface area (Å²) < 4.78 is 0. The predicted molar refractivity (Wildman–Crippen MR) is 116 cm³/mol. The van der Waals surface area contributed by atoms with E-state index in [2.05, 4.69) is 56.8 Å². The van der Waals surface area contributed by atoms with Gasteiger partial charge in [-0.3, -0.25) is 0 Å². The topological polar surface area (TPSA) is 74.8 Å². The van der Waals surface area contributed by atoms with Crippen molar-refractivity contribution in [2.45, 2.75) is 25.3 Å². The molecule has 0 unspecified atom stereocenters. The molecule has 1 aromatic carbocycles. The van der Waals surface area contributed by atoms with Crippen molar-refractivity contribution in [1.29, 1.82) is 0 Å². The molecule has 144 valence electrons. The van der Waals surface area contributed by atoms with Crippen LogP contribution in [0.15, 0.2) is 43.1 Å². The highest BCUT2D eigenvalue weighted by molar-refractivity contribution is 5.71. The number of fused-ring (bicyclic) bond motifs is 1. The summed E-state index contributed by atoms with van der Waals surface area (Å²) >= 11 is 0. The summed E-state index contributed by atoms with van der Waals surface area (Å²) in [7, 11) is 1.92. The maximum Gasteiger partial charge on any atom is 0.180 e. The van der Waals surface area contributed by atoms with Gasteiger partial charge in [0.1, 0.15) is 11.3 Å². The minimum absolute atomic E-state index is 0.507. The zero-order valence-corrected chi connectivity index (χ0v) is 16.2. The van der Waals surface area contributed by atoms with Crippen LogP contribution in [0.4, 0.5) is 11.5 Å². The summed E-state index contributed by atoms with van der Waals surface area (Å²) in [6.07, 6.45) is 5.87. The first-order chi connectivity index (χ1) is 13.8. The van der Waals surface area contributed by atoms with Gasteiger partial charge < -0.3 is 16.0 Å². The average Bonchev–Trinajstić information content (AvgIpc) is 2.77. The van der Waals surface area contributed by atoms with Crippen LogP contribution in [0.25, 0.3) is 17.2 Å². The second kappa shape index (κ2) is 8.35. The van der Waals surface area contributed by atoms with E-state index in [0.29, 0.717) is 18.1 Å². The Kier molecular flexibility index (Phi) is 5.48. The molecule has 3 N–H and O–H groups in total. The van der Waals surface area contributed by atoms with Crippen LogP contribution in [-0.2, 0) is 6.54 Å². The number of anilines is 2. The van der Waals surface area contributed by atoms with Gasteiger partial charge in [-0.05, 0) is 55.3 Å². The normalized spacial score (nSPS) is 14.8. The zero-order valence-electron chi connectivity index (χ0n) is 16.2. The Labute approximate surface area is 165 Å². The summed E-state index contributed by atoms with van der Waals surface area (Å²) in [6.45, 7) is 6.62. The third kappa shape index (κ3) is 3.97. The van der Waals surface area contributed by atoms with E-state index in [0.717, 1.165) is 59.8 Å². The molecule has 3 heterocycles. The van der Waals surface area contributed by atoms with E-state index >= 15 is 0 Å². The third-order valence-corrected chi connectivity index (χ3v) is 5.27. The Hall–Kier alpha value is -2.99. The van der Waals surface area contributed by atoms with Crippen molar-refractivity contribution >= 4 is 28.7 Å². The summed E-state index contributed by atoms with van der Waals surface area (Å²) in [5, 5.41) is 9.97. The molecule has 6 heteroatoms. The lowest BCUT2D eigenvalue weighted by Gasteiger charge is -2.22. The summed E-state index contributed by atoms with van der Waals surface area (Å²) in [4.78, 5) is 14.0. The molecule has 1 aliphatic rings. The predicted octanol–water partition coefficient (Wildman–Crippen LogP) is 3.79. The van der Waals surface area contributed by atoms with Gasteiger partial charge in [0.2, 0.25) is 0 Å². The molecule has 0 radical (unpaired) electrons. The molecule has 28 heavy (non-hydrogen) atoms. The average molecular weight is 374 g/mol. The molecule has 0 spiro atoms. The molecular weight excluding hydrogens is 348 g/mol. The molecule has 3 aromatic rings. The summed E-state index contributed by atoms with van der Waals surface area (Å²) in [6, 6.07) is 10.4. The number of piperidine rings is 1. The molecule has 1 aliphatic heterocycles. The highest BCUT2D eigenvalue weighted by Crippen LogP contribution is 2.25. The maximum absolute atomic E-state index is 4.80. The molecule has 0 bridgehead atoms. The third-order valence-electron chi connectivity index (χ3n) is 5.27. The molecule has 0 amide bonds. The minimum Gasteiger partial charge on any atom is -0.388 e. The Bertz CT molecular complexity index is 978. The number of nitrogens with zero attached hydrogens (tertiary/aromatic N) is 3. The number of hydrogen-bond donors (Lipinski definition) is 3. The Morgan fingerprint density at radius 1 is 1.18 bits per heavy atom. The number of nitrogens with one attached hydrogen (secondary N) is 3. The molecule has 1 saturated heterocycles. The van der Waals surface area contributed by atoms with Crippen molar-refractivity contribution in [3.8, 4) is 0 Å². The van der Waals surface area contributed by atoms with E-state index in [9.17, 15) is 0 Å². The number of rotatable bonds is 6. The lowest BCUT2D eigenvalue weighted by molar-refractivity contribution is 0.454. The zero-order chi connectivity index (χ0) is 19.3. The minimum atomic E-state index is 0.507. The van der Waals surface area contributed by atoms with Gasteiger partial charge in [0.25, 0.3) is 0 Å². The standard InChI is InChI=1S/C22H26N6/c1-3-16-5-4-15(12-20(16)23-2)13-26-21-14-25-19-7-6-18(27-22(19)28-21)17-8-10-24-11-9-17/h3-7,12,14,17,23-24H,1,8-11,13H2,2H3,(H,26,27,28). The smallest absolute Gasteiger partial charge is 0.180 e. The van der Waals surface area contributed by atoms with Crippen molar-refractivity contribution in [3.63, 3.8) is 0 Å². The van der Waals surface area contributed by atoms with Gasteiger partial charge in [-0.25, -0.2) is 15.0 Å². The first-order valence-electron chi connectivity index (χ1n) is 9.78. The van der Waals surface area contributed by atoms with Crippen LogP contribution in [0.5, 0.6) is 0 Å². The van der Waals surface area contributed by atoms with Crippen molar-refractivity contribution in [2.75, 3.05) is 30.8 Å². The van der Waals surface area contributed by atoms with Crippen molar-refractivity contribution in [3.05, 3.63) is 59.9 Å².